The van der Waals surface area contributed by atoms with E-state index in [2.05, 4.69) is 17.2 Å². The monoisotopic (exact) mass is 234 g/mol. The maximum Gasteiger partial charge on any atom is 0.0915 e. The number of nitrogens with zero attached hydrogens (tertiary/aromatic N) is 1. The van der Waals surface area contributed by atoms with Gasteiger partial charge in [-0.15, -0.1) is 0 Å². The molecule has 3 heteroatoms. The van der Waals surface area contributed by atoms with E-state index in [1.165, 1.54) is 25.7 Å². The van der Waals surface area contributed by atoms with Crippen LogP contribution in [0.2, 0.25) is 0 Å². The zero-order valence-electron chi connectivity index (χ0n) is 10.5. The van der Waals surface area contributed by atoms with Gasteiger partial charge in [0.25, 0.3) is 0 Å². The van der Waals surface area contributed by atoms with Gasteiger partial charge in [-0.3, -0.25) is 4.98 Å². The van der Waals surface area contributed by atoms with E-state index in [1.807, 2.05) is 12.1 Å². The SMILES string of the molecule is CCCC(NCC(O)c1ccncc1)C1CC1. The highest BCUT2D eigenvalue weighted by Gasteiger charge is 2.30. The van der Waals surface area contributed by atoms with Crippen molar-refractivity contribution in [1.29, 1.82) is 0 Å². The fraction of sp³-hybridized carbons (Fsp3) is 0.643. The van der Waals surface area contributed by atoms with Crippen LogP contribution in [0, 0.1) is 5.92 Å². The Morgan fingerprint density at radius 1 is 1.41 bits per heavy atom. The van der Waals surface area contributed by atoms with Crippen LogP contribution in [0.5, 0.6) is 0 Å². The Labute approximate surface area is 103 Å². The Hall–Kier alpha value is -0.930. The van der Waals surface area contributed by atoms with Crippen LogP contribution in [0.25, 0.3) is 0 Å². The van der Waals surface area contributed by atoms with E-state index in [0.717, 1.165) is 11.5 Å². The van der Waals surface area contributed by atoms with Gasteiger partial charge in [0.05, 0.1) is 6.10 Å². The van der Waals surface area contributed by atoms with Crippen molar-refractivity contribution in [2.24, 2.45) is 5.92 Å². The smallest absolute Gasteiger partial charge is 0.0915 e. The van der Waals surface area contributed by atoms with Crippen LogP contribution in [0.1, 0.15) is 44.3 Å². The summed E-state index contributed by atoms with van der Waals surface area (Å²) in [7, 11) is 0. The molecule has 2 rings (SSSR count). The number of hydrogen-bond donors (Lipinski definition) is 2. The number of aromatic nitrogens is 1. The Morgan fingerprint density at radius 2 is 2.12 bits per heavy atom. The first-order valence-corrected chi connectivity index (χ1v) is 6.62. The highest BCUT2D eigenvalue weighted by atomic mass is 16.3. The lowest BCUT2D eigenvalue weighted by atomic mass is 10.1. The minimum Gasteiger partial charge on any atom is -0.387 e. The van der Waals surface area contributed by atoms with Crippen molar-refractivity contribution in [3.8, 4) is 0 Å². The van der Waals surface area contributed by atoms with Crippen LogP contribution in [0.4, 0.5) is 0 Å². The lowest BCUT2D eigenvalue weighted by molar-refractivity contribution is 0.166. The van der Waals surface area contributed by atoms with Gasteiger partial charge in [-0.05, 0) is 42.9 Å². The summed E-state index contributed by atoms with van der Waals surface area (Å²) >= 11 is 0. The maximum atomic E-state index is 10.0. The van der Waals surface area contributed by atoms with Gasteiger partial charge in [0.15, 0.2) is 0 Å². The molecule has 17 heavy (non-hydrogen) atoms. The molecule has 3 nitrogen and oxygen atoms in total. The number of aliphatic hydroxyl groups excluding tert-OH is 1. The minimum absolute atomic E-state index is 0.420. The maximum absolute atomic E-state index is 10.0. The van der Waals surface area contributed by atoms with E-state index in [1.54, 1.807) is 12.4 Å². The van der Waals surface area contributed by atoms with Crippen LogP contribution >= 0.6 is 0 Å². The van der Waals surface area contributed by atoms with Crippen LogP contribution in [0.15, 0.2) is 24.5 Å². The number of pyridine rings is 1. The number of aliphatic hydroxyl groups is 1. The fourth-order valence-electron chi connectivity index (χ4n) is 2.28. The Morgan fingerprint density at radius 3 is 2.71 bits per heavy atom. The van der Waals surface area contributed by atoms with E-state index in [9.17, 15) is 5.11 Å². The molecule has 1 aromatic rings. The van der Waals surface area contributed by atoms with Crippen molar-refractivity contribution in [2.75, 3.05) is 6.54 Å². The van der Waals surface area contributed by atoms with E-state index in [0.29, 0.717) is 12.6 Å². The molecule has 94 valence electrons. The molecule has 0 radical (unpaired) electrons. The summed E-state index contributed by atoms with van der Waals surface area (Å²) in [5, 5.41) is 13.6. The first kappa shape index (κ1) is 12.5. The Kier molecular flexibility index (Phi) is 4.51. The second-order valence-corrected chi connectivity index (χ2v) is 4.94. The molecule has 1 fully saturated rings. The first-order chi connectivity index (χ1) is 8.31. The zero-order chi connectivity index (χ0) is 12.1. The van der Waals surface area contributed by atoms with Crippen molar-refractivity contribution >= 4 is 0 Å². The van der Waals surface area contributed by atoms with Crippen LogP contribution in [-0.4, -0.2) is 22.7 Å². The average molecular weight is 234 g/mol. The van der Waals surface area contributed by atoms with E-state index < -0.39 is 6.10 Å². The molecule has 1 aromatic heterocycles. The van der Waals surface area contributed by atoms with Gasteiger partial charge in [-0.1, -0.05) is 13.3 Å². The van der Waals surface area contributed by atoms with Crippen LogP contribution < -0.4 is 5.32 Å². The van der Waals surface area contributed by atoms with Crippen molar-refractivity contribution in [2.45, 2.75) is 44.8 Å². The molecule has 1 aliphatic carbocycles. The van der Waals surface area contributed by atoms with E-state index in [4.69, 9.17) is 0 Å². The van der Waals surface area contributed by atoms with Crippen LogP contribution in [0.3, 0.4) is 0 Å². The van der Waals surface area contributed by atoms with Gasteiger partial charge in [-0.2, -0.15) is 0 Å². The number of rotatable bonds is 7. The summed E-state index contributed by atoms with van der Waals surface area (Å²) in [5.74, 6) is 0.847. The summed E-state index contributed by atoms with van der Waals surface area (Å²) in [5.41, 5.74) is 0.943. The number of nitrogens with one attached hydrogen (secondary N) is 1. The molecule has 0 amide bonds. The summed E-state index contributed by atoms with van der Waals surface area (Å²) in [6.45, 7) is 2.86. The summed E-state index contributed by atoms with van der Waals surface area (Å²) < 4.78 is 0. The van der Waals surface area contributed by atoms with Gasteiger partial charge in [0.1, 0.15) is 0 Å². The highest BCUT2D eigenvalue weighted by molar-refractivity contribution is 5.13. The zero-order valence-corrected chi connectivity index (χ0v) is 10.5. The molecule has 0 aromatic carbocycles. The van der Waals surface area contributed by atoms with Gasteiger partial charge >= 0.3 is 0 Å². The molecule has 1 saturated carbocycles. The molecule has 2 atom stereocenters. The highest BCUT2D eigenvalue weighted by Crippen LogP contribution is 2.34. The predicted octanol–water partition coefficient (Wildman–Crippen LogP) is 2.28. The molecule has 2 unspecified atom stereocenters. The van der Waals surface area contributed by atoms with Crippen molar-refractivity contribution in [3.05, 3.63) is 30.1 Å². The van der Waals surface area contributed by atoms with Crippen molar-refractivity contribution < 1.29 is 5.11 Å². The molecular formula is C14H22N2O. The second-order valence-electron chi connectivity index (χ2n) is 4.94. The quantitative estimate of drug-likeness (QED) is 0.761. The third-order valence-electron chi connectivity index (χ3n) is 3.45. The summed E-state index contributed by atoms with van der Waals surface area (Å²) in [6, 6.07) is 4.34. The summed E-state index contributed by atoms with van der Waals surface area (Å²) in [4.78, 5) is 3.96. The minimum atomic E-state index is -0.420. The van der Waals surface area contributed by atoms with Gasteiger partial charge in [0, 0.05) is 25.0 Å². The Bertz CT molecular complexity index is 324. The van der Waals surface area contributed by atoms with E-state index >= 15 is 0 Å². The van der Waals surface area contributed by atoms with E-state index in [-0.39, 0.29) is 0 Å². The summed E-state index contributed by atoms with van der Waals surface area (Å²) in [6.07, 6.45) is 8.15. The predicted molar refractivity (Wildman–Crippen MR) is 68.6 cm³/mol. The number of hydrogen-bond acceptors (Lipinski definition) is 3. The van der Waals surface area contributed by atoms with Gasteiger partial charge in [-0.25, -0.2) is 0 Å². The molecule has 2 N–H and O–H groups in total. The first-order valence-electron chi connectivity index (χ1n) is 6.62. The topological polar surface area (TPSA) is 45.1 Å². The van der Waals surface area contributed by atoms with Gasteiger partial charge in [0.2, 0.25) is 0 Å². The van der Waals surface area contributed by atoms with Crippen molar-refractivity contribution in [3.63, 3.8) is 0 Å². The molecule has 1 aliphatic rings. The molecule has 1 heterocycles. The Balaban J connectivity index is 1.80. The average Bonchev–Trinajstić information content (AvgIpc) is 3.19. The normalized spacial score (nSPS) is 18.9. The molecule has 0 spiro atoms. The standard InChI is InChI=1S/C14H22N2O/c1-2-3-13(11-4-5-11)16-10-14(17)12-6-8-15-9-7-12/h6-9,11,13-14,16-17H,2-5,10H2,1H3. The molecule has 0 aliphatic heterocycles. The van der Waals surface area contributed by atoms with Gasteiger partial charge < -0.3 is 10.4 Å². The van der Waals surface area contributed by atoms with Crippen molar-refractivity contribution in [1.82, 2.24) is 10.3 Å². The third-order valence-corrected chi connectivity index (χ3v) is 3.45. The largest absolute Gasteiger partial charge is 0.387 e. The molecule has 0 saturated heterocycles. The lowest BCUT2D eigenvalue weighted by Crippen LogP contribution is -2.34. The third kappa shape index (κ3) is 3.79. The second kappa shape index (κ2) is 6.12. The van der Waals surface area contributed by atoms with Crippen LogP contribution in [-0.2, 0) is 0 Å². The molecule has 0 bridgehead atoms. The lowest BCUT2D eigenvalue weighted by Gasteiger charge is -2.20. The fourth-order valence-corrected chi connectivity index (χ4v) is 2.28. The molecular weight excluding hydrogens is 212 g/mol.